The first-order chi connectivity index (χ1) is 12.3. The molecular formula is C18H27N3O3S2. The molecule has 2 heterocycles. The molecule has 8 heteroatoms. The molecule has 0 aromatic heterocycles. The van der Waals surface area contributed by atoms with Crippen molar-refractivity contribution in [2.45, 2.75) is 48.2 Å². The van der Waals surface area contributed by atoms with Crippen molar-refractivity contribution in [1.29, 1.82) is 0 Å². The van der Waals surface area contributed by atoms with E-state index in [9.17, 15) is 13.2 Å². The largest absolute Gasteiger partial charge is 0.303 e. The Bertz CT molecular complexity index is 731. The second-order valence-electron chi connectivity index (χ2n) is 7.08. The SMILES string of the molecule is CC(=O)C1NCC(c2ccc(S(C)(=O)=O)cc2)NC1NCC1CCCS1. The lowest BCUT2D eigenvalue weighted by atomic mass is 10.00. The normalized spacial score (nSPS) is 29.6. The van der Waals surface area contributed by atoms with Gasteiger partial charge in [0.2, 0.25) is 0 Å². The first-order valence-electron chi connectivity index (χ1n) is 8.99. The van der Waals surface area contributed by atoms with Crippen molar-refractivity contribution in [1.82, 2.24) is 16.0 Å². The smallest absolute Gasteiger partial charge is 0.175 e. The van der Waals surface area contributed by atoms with Gasteiger partial charge in [-0.15, -0.1) is 0 Å². The van der Waals surface area contributed by atoms with Gasteiger partial charge in [-0.1, -0.05) is 12.1 Å². The van der Waals surface area contributed by atoms with Crippen LogP contribution in [0.3, 0.4) is 0 Å². The average Bonchev–Trinajstić information content (AvgIpc) is 3.12. The Morgan fingerprint density at radius 3 is 2.62 bits per heavy atom. The van der Waals surface area contributed by atoms with Crippen LogP contribution in [0, 0.1) is 0 Å². The Labute approximate surface area is 159 Å². The van der Waals surface area contributed by atoms with E-state index >= 15 is 0 Å². The highest BCUT2D eigenvalue weighted by molar-refractivity contribution is 8.00. The van der Waals surface area contributed by atoms with Gasteiger partial charge in [-0.2, -0.15) is 11.8 Å². The summed E-state index contributed by atoms with van der Waals surface area (Å²) in [5.74, 6) is 1.33. The maximum Gasteiger partial charge on any atom is 0.175 e. The zero-order valence-electron chi connectivity index (χ0n) is 15.2. The zero-order valence-corrected chi connectivity index (χ0v) is 16.8. The molecule has 0 saturated carbocycles. The minimum absolute atomic E-state index is 0.0212. The van der Waals surface area contributed by atoms with E-state index in [0.717, 1.165) is 12.1 Å². The summed E-state index contributed by atoms with van der Waals surface area (Å²) in [6.45, 7) is 3.12. The van der Waals surface area contributed by atoms with E-state index in [-0.39, 0.29) is 24.0 Å². The van der Waals surface area contributed by atoms with E-state index in [1.165, 1.54) is 24.9 Å². The highest BCUT2D eigenvalue weighted by atomic mass is 32.2. The lowest BCUT2D eigenvalue weighted by molar-refractivity contribution is -0.120. The highest BCUT2D eigenvalue weighted by Crippen LogP contribution is 2.26. The van der Waals surface area contributed by atoms with Gasteiger partial charge in [0.15, 0.2) is 9.84 Å². The standard InChI is InChI=1S/C18H27N3O3S2/c1-12(22)17-18(20-10-14-4-3-9-25-14)21-16(11-19-17)13-5-7-15(8-6-13)26(2,23)24/h5-8,14,16-21H,3-4,9-11H2,1-2H3. The quantitative estimate of drug-likeness (QED) is 0.662. The number of benzene rings is 1. The first kappa shape index (κ1) is 19.8. The molecule has 4 unspecified atom stereocenters. The third-order valence-electron chi connectivity index (χ3n) is 4.99. The first-order valence-corrected chi connectivity index (χ1v) is 11.9. The van der Waals surface area contributed by atoms with Gasteiger partial charge in [-0.25, -0.2) is 8.42 Å². The Balaban J connectivity index is 1.68. The molecule has 144 valence electrons. The van der Waals surface area contributed by atoms with Crippen molar-refractivity contribution in [3.05, 3.63) is 29.8 Å². The number of thioether (sulfide) groups is 1. The fourth-order valence-corrected chi connectivity index (χ4v) is 5.36. The number of rotatable bonds is 6. The predicted molar refractivity (Wildman–Crippen MR) is 105 cm³/mol. The number of sulfone groups is 1. The molecule has 0 spiro atoms. The van der Waals surface area contributed by atoms with Gasteiger partial charge in [-0.3, -0.25) is 15.4 Å². The third kappa shape index (κ3) is 4.86. The Kier molecular flexibility index (Phi) is 6.40. The monoisotopic (exact) mass is 397 g/mol. The number of carbonyl (C=O) groups is 1. The van der Waals surface area contributed by atoms with Gasteiger partial charge in [0.25, 0.3) is 0 Å². The van der Waals surface area contributed by atoms with Crippen LogP contribution >= 0.6 is 11.8 Å². The van der Waals surface area contributed by atoms with Crippen LogP contribution in [0.5, 0.6) is 0 Å². The predicted octanol–water partition coefficient (Wildman–Crippen LogP) is 1.09. The summed E-state index contributed by atoms with van der Waals surface area (Å²) in [5.41, 5.74) is 1.01. The van der Waals surface area contributed by atoms with Gasteiger partial charge in [0.1, 0.15) is 5.78 Å². The minimum atomic E-state index is -3.19. The van der Waals surface area contributed by atoms with Crippen LogP contribution in [-0.4, -0.2) is 56.8 Å². The number of carbonyl (C=O) groups excluding carboxylic acids is 1. The molecule has 1 aromatic rings. The summed E-state index contributed by atoms with van der Waals surface area (Å²) in [4.78, 5) is 12.3. The molecule has 0 aliphatic carbocycles. The second-order valence-corrected chi connectivity index (χ2v) is 10.5. The molecule has 2 fully saturated rings. The fourth-order valence-electron chi connectivity index (χ4n) is 3.51. The van der Waals surface area contributed by atoms with Gasteiger partial charge < -0.3 is 5.32 Å². The average molecular weight is 398 g/mol. The Hall–Kier alpha value is -0.930. The van der Waals surface area contributed by atoms with Crippen LogP contribution in [0.1, 0.15) is 31.4 Å². The maximum absolute atomic E-state index is 12.0. The lowest BCUT2D eigenvalue weighted by Gasteiger charge is -2.38. The lowest BCUT2D eigenvalue weighted by Crippen LogP contribution is -2.65. The summed E-state index contributed by atoms with van der Waals surface area (Å²) >= 11 is 1.99. The molecule has 4 atom stereocenters. The Morgan fingerprint density at radius 1 is 1.31 bits per heavy atom. The van der Waals surface area contributed by atoms with Crippen LogP contribution < -0.4 is 16.0 Å². The van der Waals surface area contributed by atoms with Crippen molar-refractivity contribution in [3.63, 3.8) is 0 Å². The van der Waals surface area contributed by atoms with Crippen molar-refractivity contribution < 1.29 is 13.2 Å². The third-order valence-corrected chi connectivity index (χ3v) is 7.52. The fraction of sp³-hybridized carbons (Fsp3) is 0.611. The highest BCUT2D eigenvalue weighted by Gasteiger charge is 2.33. The molecule has 2 aliphatic heterocycles. The maximum atomic E-state index is 12.0. The van der Waals surface area contributed by atoms with Gasteiger partial charge in [0.05, 0.1) is 17.1 Å². The molecule has 2 aliphatic rings. The molecule has 0 radical (unpaired) electrons. The van der Waals surface area contributed by atoms with E-state index in [1.54, 1.807) is 19.1 Å². The number of hydrogen-bond donors (Lipinski definition) is 3. The van der Waals surface area contributed by atoms with Crippen molar-refractivity contribution in [2.75, 3.05) is 25.1 Å². The Morgan fingerprint density at radius 2 is 2.04 bits per heavy atom. The number of hydrogen-bond acceptors (Lipinski definition) is 7. The molecular weight excluding hydrogens is 370 g/mol. The summed E-state index contributed by atoms with van der Waals surface area (Å²) < 4.78 is 23.2. The molecule has 3 N–H and O–H groups in total. The summed E-state index contributed by atoms with van der Waals surface area (Å²) in [6, 6.07) is 6.73. The van der Waals surface area contributed by atoms with Crippen LogP contribution in [0.15, 0.2) is 29.2 Å². The van der Waals surface area contributed by atoms with E-state index < -0.39 is 9.84 Å². The molecule has 0 amide bonds. The van der Waals surface area contributed by atoms with Crippen LogP contribution in [0.4, 0.5) is 0 Å². The zero-order chi connectivity index (χ0) is 18.7. The van der Waals surface area contributed by atoms with E-state index in [1.807, 2.05) is 23.9 Å². The van der Waals surface area contributed by atoms with Crippen molar-refractivity contribution >= 4 is 27.4 Å². The minimum Gasteiger partial charge on any atom is -0.303 e. The van der Waals surface area contributed by atoms with Crippen LogP contribution in [-0.2, 0) is 14.6 Å². The molecule has 6 nitrogen and oxygen atoms in total. The van der Waals surface area contributed by atoms with Crippen LogP contribution in [0.25, 0.3) is 0 Å². The molecule has 0 bridgehead atoms. The van der Waals surface area contributed by atoms with Crippen molar-refractivity contribution in [2.24, 2.45) is 0 Å². The molecule has 3 rings (SSSR count). The number of nitrogens with one attached hydrogen (secondary N) is 3. The van der Waals surface area contributed by atoms with Gasteiger partial charge >= 0.3 is 0 Å². The summed E-state index contributed by atoms with van der Waals surface area (Å²) in [5, 5.41) is 11.0. The van der Waals surface area contributed by atoms with Gasteiger partial charge in [-0.05, 0) is 43.2 Å². The van der Waals surface area contributed by atoms with E-state index in [0.29, 0.717) is 16.7 Å². The number of piperazine rings is 1. The van der Waals surface area contributed by atoms with Crippen LogP contribution in [0.2, 0.25) is 0 Å². The van der Waals surface area contributed by atoms with E-state index in [4.69, 9.17) is 0 Å². The molecule has 1 aromatic carbocycles. The van der Waals surface area contributed by atoms with E-state index in [2.05, 4.69) is 16.0 Å². The summed E-state index contributed by atoms with van der Waals surface area (Å²) in [7, 11) is -3.19. The van der Waals surface area contributed by atoms with Crippen molar-refractivity contribution in [3.8, 4) is 0 Å². The topological polar surface area (TPSA) is 87.3 Å². The second kappa shape index (κ2) is 8.39. The number of ketones is 1. The summed E-state index contributed by atoms with van der Waals surface area (Å²) in [6.07, 6.45) is 3.56. The van der Waals surface area contributed by atoms with Gasteiger partial charge in [0, 0.05) is 30.6 Å². The molecule has 2 saturated heterocycles. The number of Topliss-reactive ketones (excluding diaryl/α,β-unsaturated/α-hetero) is 1. The molecule has 26 heavy (non-hydrogen) atoms.